The average molecular weight is 544 g/mol. The number of benzene rings is 1. The fourth-order valence-corrected chi connectivity index (χ4v) is 5.95. The van der Waals surface area contributed by atoms with Crippen LogP contribution in [0, 0.1) is 5.82 Å². The van der Waals surface area contributed by atoms with Crippen LogP contribution in [0.2, 0.25) is 0 Å². The van der Waals surface area contributed by atoms with Gasteiger partial charge in [-0.25, -0.2) is 9.18 Å². The number of hydrogen-bond acceptors (Lipinski definition) is 8. The van der Waals surface area contributed by atoms with Crippen LogP contribution in [-0.4, -0.2) is 82.1 Å². The molecule has 0 aliphatic carbocycles. The molecule has 1 aromatic carbocycles. The molecule has 2 aliphatic heterocycles. The van der Waals surface area contributed by atoms with Crippen molar-refractivity contribution in [2.24, 2.45) is 0 Å². The van der Waals surface area contributed by atoms with Crippen LogP contribution in [0.4, 0.5) is 9.18 Å². The molecule has 38 heavy (non-hydrogen) atoms. The zero-order chi connectivity index (χ0) is 26.8. The number of nitrogens with zero attached hydrogens (tertiary/aromatic N) is 4. The topological polar surface area (TPSA) is 113 Å². The second-order valence-electron chi connectivity index (χ2n) is 9.40. The number of β-amino-alcohol motifs (C(OH)–C–C–N with tert-alkyl or cyclic N) is 1. The van der Waals surface area contributed by atoms with Gasteiger partial charge >= 0.3 is 6.03 Å². The van der Waals surface area contributed by atoms with Crippen LogP contribution < -0.4 is 10.1 Å². The maximum atomic E-state index is 13.4. The summed E-state index contributed by atoms with van der Waals surface area (Å²) in [5.41, 5.74) is 1.72. The highest BCUT2D eigenvalue weighted by Crippen LogP contribution is 2.40. The predicted octanol–water partition coefficient (Wildman–Crippen LogP) is 3.13. The van der Waals surface area contributed by atoms with Crippen molar-refractivity contribution < 1.29 is 28.2 Å². The molecular weight excluding hydrogens is 513 g/mol. The Hall–Kier alpha value is -3.35. The third kappa shape index (κ3) is 5.16. The van der Waals surface area contributed by atoms with Gasteiger partial charge < -0.3 is 29.4 Å². The largest absolute Gasteiger partial charge is 0.492 e. The first-order chi connectivity index (χ1) is 18.4. The van der Waals surface area contributed by atoms with Crippen molar-refractivity contribution in [3.05, 3.63) is 65.5 Å². The molecule has 5 rings (SSSR count). The Morgan fingerprint density at radius 1 is 1.26 bits per heavy atom. The fourth-order valence-electron chi connectivity index (χ4n) is 4.89. The number of aliphatic hydroxyl groups is 1. The number of ether oxygens (including phenoxy) is 1. The van der Waals surface area contributed by atoms with Crippen LogP contribution in [-0.2, 0) is 5.75 Å². The van der Waals surface area contributed by atoms with Crippen LogP contribution in [0.25, 0.3) is 0 Å². The van der Waals surface area contributed by atoms with Crippen molar-refractivity contribution in [1.82, 2.24) is 24.9 Å². The van der Waals surface area contributed by atoms with Crippen LogP contribution >= 0.6 is 11.8 Å². The zero-order valence-corrected chi connectivity index (χ0v) is 22.0. The molecule has 2 aliphatic rings. The molecule has 0 bridgehead atoms. The SMILES string of the molecule is COc1c(C2NCCN(C(=O)N3CCC(O)C3)C2C)nn(C(=O)c2ccoc2)c1SCc1ccc(F)cc1. The summed E-state index contributed by atoms with van der Waals surface area (Å²) in [7, 11) is 1.52. The number of thioether (sulfide) groups is 1. The number of hydrogen-bond donors (Lipinski definition) is 2. The average Bonchev–Trinajstić information content (AvgIpc) is 3.68. The number of halogens is 1. The van der Waals surface area contributed by atoms with E-state index in [1.54, 1.807) is 28.0 Å². The molecule has 2 fully saturated rings. The van der Waals surface area contributed by atoms with Crippen molar-refractivity contribution >= 4 is 23.7 Å². The summed E-state index contributed by atoms with van der Waals surface area (Å²) in [6.07, 6.45) is 2.85. The van der Waals surface area contributed by atoms with E-state index in [9.17, 15) is 19.1 Å². The molecule has 3 unspecified atom stereocenters. The Morgan fingerprint density at radius 2 is 2.05 bits per heavy atom. The molecule has 12 heteroatoms. The number of piperazine rings is 1. The standard InChI is InChI=1S/C26H30FN5O5S/c1-16-21(28-9-11-31(16)26(35)30-10-7-20(33)13-30)22-23(36-2)25(38-15-17-3-5-19(27)6-4-17)32(29-22)24(34)18-8-12-37-14-18/h3-6,8,12,14,16,20-21,28,33H,7,9-11,13,15H2,1-2H3. The zero-order valence-electron chi connectivity index (χ0n) is 21.2. The molecule has 3 atom stereocenters. The van der Waals surface area contributed by atoms with E-state index in [2.05, 4.69) is 5.32 Å². The molecule has 0 spiro atoms. The van der Waals surface area contributed by atoms with Gasteiger partial charge in [0.1, 0.15) is 22.8 Å². The number of rotatable bonds is 6. The molecule has 4 heterocycles. The second kappa shape index (κ2) is 11.2. The lowest BCUT2D eigenvalue weighted by Gasteiger charge is -2.41. The Kier molecular flexibility index (Phi) is 7.73. The summed E-state index contributed by atoms with van der Waals surface area (Å²) >= 11 is 1.35. The molecular formula is C26H30FN5O5S. The van der Waals surface area contributed by atoms with Crippen LogP contribution in [0.1, 0.15) is 41.0 Å². The molecule has 0 radical (unpaired) electrons. The third-order valence-corrected chi connectivity index (χ3v) is 8.06. The number of carbonyl (C=O) groups is 2. The number of amides is 2. The minimum atomic E-state index is -0.501. The summed E-state index contributed by atoms with van der Waals surface area (Å²) in [5, 5.41) is 18.6. The van der Waals surface area contributed by atoms with Gasteiger partial charge in [0.15, 0.2) is 5.75 Å². The second-order valence-corrected chi connectivity index (χ2v) is 10.4. The summed E-state index contributed by atoms with van der Waals surface area (Å²) < 4.78 is 25.6. The Bertz CT molecular complexity index is 1280. The van der Waals surface area contributed by atoms with Crippen LogP contribution in [0.5, 0.6) is 5.75 Å². The van der Waals surface area contributed by atoms with Gasteiger partial charge in [-0.05, 0) is 37.1 Å². The lowest BCUT2D eigenvalue weighted by atomic mass is 10.0. The van der Waals surface area contributed by atoms with E-state index in [0.717, 1.165) is 5.56 Å². The van der Waals surface area contributed by atoms with Crippen molar-refractivity contribution in [3.63, 3.8) is 0 Å². The lowest BCUT2D eigenvalue weighted by molar-refractivity contribution is 0.0928. The van der Waals surface area contributed by atoms with E-state index < -0.39 is 12.1 Å². The van der Waals surface area contributed by atoms with E-state index in [0.29, 0.717) is 60.4 Å². The van der Waals surface area contributed by atoms with Gasteiger partial charge in [0.25, 0.3) is 5.91 Å². The quantitative estimate of drug-likeness (QED) is 0.456. The fraction of sp³-hybridized carbons (Fsp3) is 0.423. The Morgan fingerprint density at radius 3 is 2.71 bits per heavy atom. The van der Waals surface area contributed by atoms with E-state index in [-0.39, 0.29) is 23.8 Å². The Labute approximate surface area is 223 Å². The summed E-state index contributed by atoms with van der Waals surface area (Å²) in [5.74, 6) is 0.186. The number of aliphatic hydroxyl groups excluding tert-OH is 1. The third-order valence-electron chi connectivity index (χ3n) is 6.95. The Balaban J connectivity index is 1.47. The first kappa shape index (κ1) is 26.3. The highest BCUT2D eigenvalue weighted by Gasteiger charge is 2.40. The maximum absolute atomic E-state index is 13.4. The summed E-state index contributed by atoms with van der Waals surface area (Å²) in [4.78, 5) is 30.1. The predicted molar refractivity (Wildman–Crippen MR) is 138 cm³/mol. The highest BCUT2D eigenvalue weighted by atomic mass is 32.2. The number of urea groups is 1. The summed E-state index contributed by atoms with van der Waals surface area (Å²) in [6.45, 7) is 3.81. The van der Waals surface area contributed by atoms with Crippen molar-refractivity contribution in [3.8, 4) is 5.75 Å². The van der Waals surface area contributed by atoms with Gasteiger partial charge in [-0.3, -0.25) is 4.79 Å². The molecule has 0 saturated carbocycles. The van der Waals surface area contributed by atoms with Gasteiger partial charge in [-0.15, -0.1) is 0 Å². The van der Waals surface area contributed by atoms with Crippen molar-refractivity contribution in [1.29, 1.82) is 0 Å². The molecule has 202 valence electrons. The molecule has 2 saturated heterocycles. The summed E-state index contributed by atoms with van der Waals surface area (Å²) in [6, 6.07) is 6.91. The number of nitrogens with one attached hydrogen (secondary N) is 1. The minimum absolute atomic E-state index is 0.126. The number of furan rings is 1. The number of carbonyl (C=O) groups excluding carboxylic acids is 2. The first-order valence-electron chi connectivity index (χ1n) is 12.5. The van der Waals surface area contributed by atoms with Crippen molar-refractivity contribution in [2.45, 2.75) is 42.3 Å². The molecule has 3 aromatic rings. The van der Waals surface area contributed by atoms with Gasteiger partial charge in [-0.1, -0.05) is 23.9 Å². The first-order valence-corrected chi connectivity index (χ1v) is 13.4. The van der Waals surface area contributed by atoms with Gasteiger partial charge in [0.2, 0.25) is 0 Å². The van der Waals surface area contributed by atoms with Crippen LogP contribution in [0.3, 0.4) is 0 Å². The number of methoxy groups -OCH3 is 1. The highest BCUT2D eigenvalue weighted by molar-refractivity contribution is 7.98. The monoisotopic (exact) mass is 543 g/mol. The van der Waals surface area contributed by atoms with E-state index in [1.165, 1.54) is 48.2 Å². The number of likely N-dealkylation sites (tertiary alicyclic amines) is 1. The normalized spacial score (nSPS) is 21.6. The van der Waals surface area contributed by atoms with Gasteiger partial charge in [0, 0.05) is 31.9 Å². The van der Waals surface area contributed by atoms with Gasteiger partial charge in [0.05, 0.1) is 37.1 Å². The molecule has 2 aromatic heterocycles. The van der Waals surface area contributed by atoms with Crippen molar-refractivity contribution in [2.75, 3.05) is 33.3 Å². The maximum Gasteiger partial charge on any atom is 0.320 e. The van der Waals surface area contributed by atoms with E-state index >= 15 is 0 Å². The molecule has 2 N–H and O–H groups in total. The van der Waals surface area contributed by atoms with Crippen LogP contribution in [0.15, 0.2) is 52.3 Å². The smallest absolute Gasteiger partial charge is 0.320 e. The molecule has 10 nitrogen and oxygen atoms in total. The van der Waals surface area contributed by atoms with E-state index in [4.69, 9.17) is 14.3 Å². The number of aromatic nitrogens is 2. The van der Waals surface area contributed by atoms with Gasteiger partial charge in [-0.2, -0.15) is 9.78 Å². The minimum Gasteiger partial charge on any atom is -0.492 e. The van der Waals surface area contributed by atoms with E-state index in [1.807, 2.05) is 6.92 Å². The lowest BCUT2D eigenvalue weighted by Crippen LogP contribution is -2.57. The molecule has 2 amide bonds.